The molecule has 0 amide bonds. The van der Waals surface area contributed by atoms with Gasteiger partial charge in [-0.25, -0.2) is 36.3 Å². The van der Waals surface area contributed by atoms with E-state index in [0.29, 0.717) is 67.6 Å². The first-order valence-corrected chi connectivity index (χ1v) is 17.2. The quantitative estimate of drug-likeness (QED) is 0.0792. The minimum atomic E-state index is -2.51. The van der Waals surface area contributed by atoms with Crippen molar-refractivity contribution in [2.75, 3.05) is 0 Å². The van der Waals surface area contributed by atoms with Gasteiger partial charge in [-0.3, -0.25) is 19.0 Å². The number of aromatic amines is 1. The van der Waals surface area contributed by atoms with Gasteiger partial charge in [-0.15, -0.1) is 0 Å². The zero-order chi connectivity index (χ0) is 37.1. The fourth-order valence-electron chi connectivity index (χ4n) is 4.49. The highest BCUT2D eigenvalue weighted by molar-refractivity contribution is 9.11. The summed E-state index contributed by atoms with van der Waals surface area (Å²) in [6.45, 7) is -0.576. The molecule has 0 aliphatic heterocycles. The van der Waals surface area contributed by atoms with Crippen molar-refractivity contribution >= 4 is 60.4 Å². The fraction of sp³-hybridized carbons (Fsp3) is 0.188. The van der Waals surface area contributed by atoms with Crippen molar-refractivity contribution in [2.45, 2.75) is 37.8 Å². The molecule has 0 atom stereocenters. The van der Waals surface area contributed by atoms with Gasteiger partial charge in [0.25, 0.3) is 12.9 Å². The molecule has 51 heavy (non-hydrogen) atoms. The lowest BCUT2D eigenvalue weighted by Crippen LogP contribution is -2.09. The molecule has 4 heterocycles. The van der Waals surface area contributed by atoms with E-state index in [1.807, 2.05) is 0 Å². The number of benzene rings is 2. The zero-order valence-corrected chi connectivity index (χ0v) is 30.7. The van der Waals surface area contributed by atoms with Gasteiger partial charge in [0.1, 0.15) is 45.6 Å². The maximum absolute atomic E-state index is 13.3. The van der Waals surface area contributed by atoms with Gasteiger partial charge in [0.05, 0.1) is 18.9 Å². The zero-order valence-electron chi connectivity index (χ0n) is 25.9. The van der Waals surface area contributed by atoms with E-state index in [-0.39, 0.29) is 12.1 Å². The van der Waals surface area contributed by atoms with Crippen LogP contribution in [-0.2, 0) is 25.0 Å². The van der Waals surface area contributed by atoms with Gasteiger partial charge in [0.2, 0.25) is 0 Å². The number of H-pyrrole nitrogens is 1. The Morgan fingerprint density at radius 2 is 1.31 bits per heavy atom. The number of alkyl halides is 5. The maximum Gasteiger partial charge on any atom is 0.257 e. The molecule has 6 aromatic rings. The predicted molar refractivity (Wildman–Crippen MR) is 186 cm³/mol. The smallest absolute Gasteiger partial charge is 0.257 e. The lowest BCUT2D eigenvalue weighted by molar-refractivity contribution is 0.111. The first kappa shape index (κ1) is 39.4. The van der Waals surface area contributed by atoms with Crippen LogP contribution in [0.1, 0.15) is 31.8 Å². The Morgan fingerprint density at radius 1 is 0.765 bits per heavy atom. The Bertz CT molecular complexity index is 2050. The molecular weight excluding hydrogens is 882 g/mol. The standard InChI is InChI=1S/C16H12BrF3N4O.C10H7FN2O.C6H6Br2F2N2/c17-15-11(6-22-24(15)8-14(19)20)7-23-4-3-21-16(23)13-2-1-12(18)5-10(13)9-25;11-8-1-2-9(7(5-8)6-14)10-12-3-4-13-10;7-1-4-2-11-12(6(4)8)3-5(9)10/h1-6,9,14H,7-8H2;1-6H,(H,12,13);2,5H,1,3H2. The topological polar surface area (TPSA) is 116 Å². The van der Waals surface area contributed by atoms with Crippen LogP contribution in [-0.4, -0.2) is 64.5 Å². The number of nitrogens with zero attached hydrogens (tertiary/aromatic N) is 7. The number of aromatic nitrogens is 8. The van der Waals surface area contributed by atoms with E-state index in [4.69, 9.17) is 0 Å². The maximum atomic E-state index is 13.3. The number of hydrogen-bond acceptors (Lipinski definition) is 6. The Labute approximate surface area is 311 Å². The average molecular weight is 907 g/mol. The van der Waals surface area contributed by atoms with Crippen LogP contribution in [0.3, 0.4) is 0 Å². The minimum absolute atomic E-state index is 0.180. The van der Waals surface area contributed by atoms with Crippen molar-refractivity contribution in [1.29, 1.82) is 0 Å². The van der Waals surface area contributed by atoms with Gasteiger partial charge in [0, 0.05) is 63.5 Å². The number of nitrogens with one attached hydrogen (secondary N) is 1. The molecule has 0 aliphatic carbocycles. The molecule has 0 spiro atoms. The summed E-state index contributed by atoms with van der Waals surface area (Å²) in [6, 6.07) is 7.87. The molecule has 2 aromatic carbocycles. The van der Waals surface area contributed by atoms with Crippen LogP contribution in [0.25, 0.3) is 22.8 Å². The Morgan fingerprint density at radius 3 is 1.82 bits per heavy atom. The van der Waals surface area contributed by atoms with Gasteiger partial charge >= 0.3 is 0 Å². The van der Waals surface area contributed by atoms with Crippen molar-refractivity contribution in [3.63, 3.8) is 0 Å². The lowest BCUT2D eigenvalue weighted by atomic mass is 10.1. The molecular formula is C32H25Br3F6N8O2. The molecule has 10 nitrogen and oxygen atoms in total. The van der Waals surface area contributed by atoms with E-state index in [1.54, 1.807) is 35.6 Å². The third-order valence-electron chi connectivity index (χ3n) is 6.79. The SMILES string of the molecule is FC(F)Cn1ncc(CBr)c1Br.O=Cc1cc(F)ccc1-c1ncc[nH]1.O=Cc1cc(F)ccc1-c1nccn1Cc1cnn(CC(F)F)c1Br. The summed E-state index contributed by atoms with van der Waals surface area (Å²) in [5.41, 5.74) is 3.11. The number of aldehydes is 2. The van der Waals surface area contributed by atoms with Gasteiger partial charge < -0.3 is 9.55 Å². The molecule has 19 heteroatoms. The second kappa shape index (κ2) is 18.8. The van der Waals surface area contributed by atoms with Gasteiger partial charge in [-0.05, 0) is 68.3 Å². The molecule has 0 saturated carbocycles. The van der Waals surface area contributed by atoms with Gasteiger partial charge in [-0.2, -0.15) is 10.2 Å². The second-order valence-corrected chi connectivity index (χ2v) is 12.3. The van der Waals surface area contributed by atoms with Crippen molar-refractivity contribution in [2.24, 2.45) is 0 Å². The molecule has 268 valence electrons. The van der Waals surface area contributed by atoms with Crippen LogP contribution >= 0.6 is 47.8 Å². The van der Waals surface area contributed by atoms with E-state index in [2.05, 4.69) is 72.9 Å². The Hall–Kier alpha value is -4.36. The number of carbonyl (C=O) groups excluding carboxylic acids is 2. The molecule has 0 fully saturated rings. The largest absolute Gasteiger partial charge is 0.345 e. The first-order chi connectivity index (χ1) is 24.4. The molecule has 0 radical (unpaired) electrons. The van der Waals surface area contributed by atoms with Crippen LogP contribution < -0.4 is 0 Å². The third-order valence-corrected chi connectivity index (χ3v) is 9.23. The van der Waals surface area contributed by atoms with E-state index in [1.165, 1.54) is 45.9 Å². The molecule has 6 rings (SSSR count). The Balaban J connectivity index is 0.000000189. The predicted octanol–water partition coefficient (Wildman–Crippen LogP) is 8.61. The van der Waals surface area contributed by atoms with Gasteiger partial charge in [-0.1, -0.05) is 15.9 Å². The number of carbonyl (C=O) groups is 2. The molecule has 0 aliphatic rings. The first-order valence-electron chi connectivity index (χ1n) is 14.5. The second-order valence-electron chi connectivity index (χ2n) is 10.2. The van der Waals surface area contributed by atoms with Crippen LogP contribution in [0, 0.1) is 11.6 Å². The monoisotopic (exact) mass is 904 g/mol. The van der Waals surface area contributed by atoms with Gasteiger partial charge in [0.15, 0.2) is 12.6 Å². The molecule has 4 aromatic heterocycles. The number of rotatable bonds is 11. The Kier molecular flexibility index (Phi) is 14.5. The number of halogens is 9. The van der Waals surface area contributed by atoms with E-state index >= 15 is 0 Å². The summed E-state index contributed by atoms with van der Waals surface area (Å²) < 4.78 is 80.2. The fourth-order valence-corrected chi connectivity index (χ4v) is 6.22. The summed E-state index contributed by atoms with van der Waals surface area (Å²) in [7, 11) is 0. The molecule has 0 bridgehead atoms. The minimum Gasteiger partial charge on any atom is -0.345 e. The summed E-state index contributed by atoms with van der Waals surface area (Å²) in [6.07, 6.45) is 5.79. The molecule has 0 unspecified atom stereocenters. The van der Waals surface area contributed by atoms with Crippen LogP contribution in [0.5, 0.6) is 0 Å². The highest BCUT2D eigenvalue weighted by Gasteiger charge is 2.16. The number of hydrogen-bond donors (Lipinski definition) is 1. The van der Waals surface area contributed by atoms with E-state index in [0.717, 1.165) is 11.6 Å². The van der Waals surface area contributed by atoms with Crippen molar-refractivity contribution in [3.8, 4) is 22.8 Å². The highest BCUT2D eigenvalue weighted by atomic mass is 79.9. The van der Waals surface area contributed by atoms with Crippen molar-refractivity contribution in [1.82, 2.24) is 39.1 Å². The number of imidazole rings is 2. The normalized spacial score (nSPS) is 10.9. The van der Waals surface area contributed by atoms with Crippen LogP contribution in [0.15, 0.2) is 82.8 Å². The van der Waals surface area contributed by atoms with Crippen LogP contribution in [0.2, 0.25) is 0 Å². The summed E-state index contributed by atoms with van der Waals surface area (Å²) >= 11 is 9.67. The lowest BCUT2D eigenvalue weighted by Gasteiger charge is -2.09. The van der Waals surface area contributed by atoms with E-state index in [9.17, 15) is 35.9 Å². The third kappa shape index (κ3) is 10.6. The molecule has 0 saturated heterocycles. The summed E-state index contributed by atoms with van der Waals surface area (Å²) in [4.78, 5) is 32.9. The van der Waals surface area contributed by atoms with Crippen molar-refractivity contribution < 1.29 is 35.9 Å². The van der Waals surface area contributed by atoms with Crippen LogP contribution in [0.4, 0.5) is 26.3 Å². The van der Waals surface area contributed by atoms with Crippen molar-refractivity contribution in [3.05, 3.63) is 117 Å². The highest BCUT2D eigenvalue weighted by Crippen LogP contribution is 2.26. The summed E-state index contributed by atoms with van der Waals surface area (Å²) in [5, 5.41) is 8.33. The molecule has 1 N–H and O–H groups in total. The van der Waals surface area contributed by atoms with E-state index < -0.39 is 31.0 Å². The summed E-state index contributed by atoms with van der Waals surface area (Å²) in [5.74, 6) is 0.0880. The average Bonchev–Trinajstić information content (AvgIpc) is 3.92.